The summed E-state index contributed by atoms with van der Waals surface area (Å²) in [4.78, 5) is 39.7. The average Bonchev–Trinajstić information content (AvgIpc) is 2.97. The summed E-state index contributed by atoms with van der Waals surface area (Å²) >= 11 is 0. The van der Waals surface area contributed by atoms with E-state index in [-0.39, 0.29) is 12.3 Å². The second-order valence-corrected chi connectivity index (χ2v) is 8.04. The van der Waals surface area contributed by atoms with E-state index in [0.29, 0.717) is 29.9 Å². The molecule has 0 unspecified atom stereocenters. The first kappa shape index (κ1) is 21.7. The lowest BCUT2D eigenvalue weighted by Gasteiger charge is -2.27. The van der Waals surface area contributed by atoms with Gasteiger partial charge in [0.25, 0.3) is 5.91 Å². The number of nitrogens with zero attached hydrogens (tertiary/aromatic N) is 1. The van der Waals surface area contributed by atoms with Gasteiger partial charge >= 0.3 is 6.03 Å². The lowest BCUT2D eigenvalue weighted by atomic mass is 9.84. The van der Waals surface area contributed by atoms with Crippen LogP contribution in [0.25, 0.3) is 0 Å². The quantitative estimate of drug-likeness (QED) is 0.504. The van der Waals surface area contributed by atoms with Gasteiger partial charge in [-0.05, 0) is 35.6 Å². The van der Waals surface area contributed by atoms with Crippen molar-refractivity contribution in [1.29, 1.82) is 0 Å². The predicted molar refractivity (Wildman–Crippen MR) is 113 cm³/mol. The van der Waals surface area contributed by atoms with E-state index in [9.17, 15) is 18.8 Å². The standard InChI is InChI=1S/C24H27FN2O3/c1-4-5-14-24(19-10-12-20(25)13-11-19)22(29)27(23(30)26-24)15-21(28)18-8-6-17(7-9-18)16(2)3/h6-13,16H,4-5,14-15H2,1-3H3,(H,26,30)/t24-/m1/s1. The van der Waals surface area contributed by atoms with Gasteiger partial charge in [0.2, 0.25) is 0 Å². The highest BCUT2D eigenvalue weighted by atomic mass is 19.1. The van der Waals surface area contributed by atoms with Crippen LogP contribution in [0.1, 0.15) is 67.4 Å². The summed E-state index contributed by atoms with van der Waals surface area (Å²) in [6, 6.07) is 12.2. The highest BCUT2D eigenvalue weighted by Gasteiger charge is 2.52. The van der Waals surface area contributed by atoms with Gasteiger partial charge in [-0.3, -0.25) is 14.5 Å². The SMILES string of the molecule is CCCC[C@]1(c2ccc(F)cc2)NC(=O)N(CC(=O)c2ccc(C(C)C)cc2)C1=O. The Morgan fingerprint density at radius 3 is 2.27 bits per heavy atom. The summed E-state index contributed by atoms with van der Waals surface area (Å²) < 4.78 is 13.4. The number of nitrogens with one attached hydrogen (secondary N) is 1. The van der Waals surface area contributed by atoms with Crippen LogP contribution >= 0.6 is 0 Å². The van der Waals surface area contributed by atoms with Crippen LogP contribution in [0, 0.1) is 5.82 Å². The monoisotopic (exact) mass is 410 g/mol. The van der Waals surface area contributed by atoms with Crippen molar-refractivity contribution in [1.82, 2.24) is 10.2 Å². The minimum absolute atomic E-state index is 0.306. The fourth-order valence-corrected chi connectivity index (χ4v) is 3.74. The van der Waals surface area contributed by atoms with E-state index >= 15 is 0 Å². The molecule has 1 atom stereocenters. The average molecular weight is 410 g/mol. The third kappa shape index (κ3) is 4.13. The van der Waals surface area contributed by atoms with Gasteiger partial charge in [-0.25, -0.2) is 9.18 Å². The summed E-state index contributed by atoms with van der Waals surface area (Å²) in [6.45, 7) is 5.79. The summed E-state index contributed by atoms with van der Waals surface area (Å²) in [7, 11) is 0. The Hall–Kier alpha value is -3.02. The predicted octanol–water partition coefficient (Wildman–Crippen LogP) is 4.77. The normalized spacial score (nSPS) is 18.8. The molecule has 2 aromatic carbocycles. The lowest BCUT2D eigenvalue weighted by Crippen LogP contribution is -2.44. The smallest absolute Gasteiger partial charge is 0.319 e. The number of ketones is 1. The largest absolute Gasteiger partial charge is 0.325 e. The minimum Gasteiger partial charge on any atom is -0.319 e. The molecule has 1 fully saturated rings. The summed E-state index contributed by atoms with van der Waals surface area (Å²) in [6.07, 6.45) is 1.91. The van der Waals surface area contributed by atoms with Crippen LogP contribution in [0.3, 0.4) is 0 Å². The number of carbonyl (C=O) groups excluding carboxylic acids is 3. The van der Waals surface area contributed by atoms with Gasteiger partial charge in [-0.2, -0.15) is 0 Å². The molecule has 0 aromatic heterocycles. The Morgan fingerprint density at radius 2 is 1.70 bits per heavy atom. The van der Waals surface area contributed by atoms with Crippen molar-refractivity contribution in [3.8, 4) is 0 Å². The van der Waals surface area contributed by atoms with E-state index in [2.05, 4.69) is 19.2 Å². The van der Waals surface area contributed by atoms with Crippen LogP contribution in [0.5, 0.6) is 0 Å². The molecule has 0 bridgehead atoms. The number of urea groups is 1. The van der Waals surface area contributed by atoms with Crippen molar-refractivity contribution in [3.63, 3.8) is 0 Å². The summed E-state index contributed by atoms with van der Waals surface area (Å²) in [5, 5.41) is 2.78. The Balaban J connectivity index is 1.85. The molecule has 0 aliphatic carbocycles. The Labute approximate surface area is 176 Å². The number of Topliss-reactive ketones (excluding diaryl/α,β-unsaturated/α-hetero) is 1. The van der Waals surface area contributed by atoms with Crippen molar-refractivity contribution >= 4 is 17.7 Å². The number of rotatable bonds is 8. The molecule has 1 aliphatic rings. The minimum atomic E-state index is -1.28. The van der Waals surface area contributed by atoms with Crippen LogP contribution in [-0.4, -0.2) is 29.2 Å². The van der Waals surface area contributed by atoms with Crippen LogP contribution in [-0.2, 0) is 10.3 Å². The van der Waals surface area contributed by atoms with E-state index < -0.39 is 23.3 Å². The van der Waals surface area contributed by atoms with Crippen LogP contribution in [0.4, 0.5) is 9.18 Å². The molecule has 3 rings (SSSR count). The van der Waals surface area contributed by atoms with Crippen molar-refractivity contribution in [2.75, 3.05) is 6.54 Å². The van der Waals surface area contributed by atoms with Crippen molar-refractivity contribution in [2.45, 2.75) is 51.5 Å². The summed E-state index contributed by atoms with van der Waals surface area (Å²) in [5.41, 5.74) is 0.805. The molecule has 1 heterocycles. The molecule has 0 spiro atoms. The number of carbonyl (C=O) groups is 3. The maximum Gasteiger partial charge on any atom is 0.325 e. The van der Waals surface area contributed by atoms with Gasteiger partial charge in [0.05, 0.1) is 6.54 Å². The number of hydrogen-bond donors (Lipinski definition) is 1. The van der Waals surface area contributed by atoms with Gasteiger partial charge in [0.1, 0.15) is 11.4 Å². The first-order chi connectivity index (χ1) is 14.3. The molecule has 6 heteroatoms. The second kappa shape index (κ2) is 8.78. The van der Waals surface area contributed by atoms with Crippen LogP contribution in [0.15, 0.2) is 48.5 Å². The van der Waals surface area contributed by atoms with Gasteiger partial charge in [-0.1, -0.05) is 70.0 Å². The first-order valence-electron chi connectivity index (χ1n) is 10.3. The van der Waals surface area contributed by atoms with E-state index in [1.54, 1.807) is 12.1 Å². The van der Waals surface area contributed by atoms with E-state index in [1.807, 2.05) is 19.1 Å². The zero-order valence-electron chi connectivity index (χ0n) is 17.6. The molecule has 3 amide bonds. The molecule has 1 N–H and O–H groups in total. The van der Waals surface area contributed by atoms with Crippen molar-refractivity contribution < 1.29 is 18.8 Å². The Morgan fingerprint density at radius 1 is 1.07 bits per heavy atom. The third-order valence-electron chi connectivity index (χ3n) is 5.62. The number of imide groups is 1. The number of amides is 3. The van der Waals surface area contributed by atoms with Gasteiger partial charge < -0.3 is 5.32 Å². The first-order valence-corrected chi connectivity index (χ1v) is 10.3. The molecule has 2 aromatic rings. The zero-order chi connectivity index (χ0) is 21.9. The number of hydrogen-bond acceptors (Lipinski definition) is 3. The molecule has 158 valence electrons. The highest BCUT2D eigenvalue weighted by molar-refractivity contribution is 6.11. The summed E-state index contributed by atoms with van der Waals surface area (Å²) in [5.74, 6) is -0.855. The molecule has 0 radical (unpaired) electrons. The maximum absolute atomic E-state index is 13.4. The van der Waals surface area contributed by atoms with Gasteiger partial charge in [0.15, 0.2) is 5.78 Å². The fraction of sp³-hybridized carbons (Fsp3) is 0.375. The third-order valence-corrected chi connectivity index (χ3v) is 5.62. The molecular weight excluding hydrogens is 383 g/mol. The van der Waals surface area contributed by atoms with Crippen LogP contribution < -0.4 is 5.32 Å². The topological polar surface area (TPSA) is 66.5 Å². The van der Waals surface area contributed by atoms with Crippen LogP contribution in [0.2, 0.25) is 0 Å². The van der Waals surface area contributed by atoms with E-state index in [0.717, 1.165) is 16.9 Å². The second-order valence-electron chi connectivity index (χ2n) is 8.04. The zero-order valence-corrected chi connectivity index (χ0v) is 17.6. The number of benzene rings is 2. The molecule has 5 nitrogen and oxygen atoms in total. The van der Waals surface area contributed by atoms with E-state index in [1.165, 1.54) is 24.3 Å². The van der Waals surface area contributed by atoms with Gasteiger partial charge in [-0.15, -0.1) is 0 Å². The molecule has 1 aliphatic heterocycles. The van der Waals surface area contributed by atoms with Crippen molar-refractivity contribution in [3.05, 3.63) is 71.0 Å². The highest BCUT2D eigenvalue weighted by Crippen LogP contribution is 2.34. The molecule has 0 saturated carbocycles. The Kier molecular flexibility index (Phi) is 6.34. The van der Waals surface area contributed by atoms with E-state index in [4.69, 9.17) is 0 Å². The lowest BCUT2D eigenvalue weighted by molar-refractivity contribution is -0.131. The van der Waals surface area contributed by atoms with Gasteiger partial charge in [0, 0.05) is 5.56 Å². The number of halogens is 1. The fourth-order valence-electron chi connectivity index (χ4n) is 3.74. The molecule has 30 heavy (non-hydrogen) atoms. The molecule has 1 saturated heterocycles. The Bertz CT molecular complexity index is 938. The molecular formula is C24H27FN2O3. The van der Waals surface area contributed by atoms with Crippen molar-refractivity contribution in [2.24, 2.45) is 0 Å². The maximum atomic E-state index is 13.4. The number of unbranched alkanes of at least 4 members (excludes halogenated alkanes) is 1.